The molecular weight excluding hydrogens is 242 g/mol. The first-order chi connectivity index (χ1) is 9.17. The number of aryl methyl sites for hydroxylation is 1. The molecule has 1 spiro atoms. The zero-order chi connectivity index (χ0) is 13.3. The normalized spacial score (nSPS) is 29.6. The van der Waals surface area contributed by atoms with E-state index >= 15 is 0 Å². The Labute approximate surface area is 113 Å². The lowest BCUT2D eigenvalue weighted by molar-refractivity contribution is -0.195. The van der Waals surface area contributed by atoms with Gasteiger partial charge in [-0.1, -0.05) is 17.7 Å². The van der Waals surface area contributed by atoms with Crippen molar-refractivity contribution in [3.05, 3.63) is 29.8 Å². The number of rotatable bonds is 2. The highest BCUT2D eigenvalue weighted by Crippen LogP contribution is 2.36. The molecule has 1 aliphatic carbocycles. The lowest BCUT2D eigenvalue weighted by Crippen LogP contribution is -2.51. The van der Waals surface area contributed by atoms with Crippen molar-refractivity contribution in [3.8, 4) is 5.75 Å². The van der Waals surface area contributed by atoms with Crippen molar-refractivity contribution in [2.45, 2.75) is 44.1 Å². The Balaban J connectivity index is 1.69. The fraction of sp³-hybridized carbons (Fsp3) is 0.600. The summed E-state index contributed by atoms with van der Waals surface area (Å²) in [5.41, 5.74) is 7.39. The van der Waals surface area contributed by atoms with Crippen LogP contribution >= 0.6 is 0 Å². The van der Waals surface area contributed by atoms with Gasteiger partial charge in [0.1, 0.15) is 11.9 Å². The lowest BCUT2D eigenvalue weighted by atomic mass is 9.88. The minimum Gasteiger partial charge on any atom is -0.489 e. The van der Waals surface area contributed by atoms with E-state index in [0.717, 1.165) is 18.6 Å². The van der Waals surface area contributed by atoms with Crippen molar-refractivity contribution in [1.82, 2.24) is 0 Å². The minimum atomic E-state index is -0.453. The molecule has 4 heteroatoms. The molecule has 1 saturated carbocycles. The molecule has 0 radical (unpaired) electrons. The molecule has 0 aromatic heterocycles. The van der Waals surface area contributed by atoms with Gasteiger partial charge in [-0.05, 0) is 25.5 Å². The Morgan fingerprint density at radius 1 is 1.21 bits per heavy atom. The molecule has 19 heavy (non-hydrogen) atoms. The van der Waals surface area contributed by atoms with Gasteiger partial charge in [-0.3, -0.25) is 0 Å². The number of nitrogens with two attached hydrogens (primary N) is 1. The van der Waals surface area contributed by atoms with E-state index in [1.165, 1.54) is 5.56 Å². The van der Waals surface area contributed by atoms with Gasteiger partial charge in [0, 0.05) is 18.9 Å². The monoisotopic (exact) mass is 263 g/mol. The molecule has 2 atom stereocenters. The first kappa shape index (κ1) is 12.9. The van der Waals surface area contributed by atoms with Crippen molar-refractivity contribution in [3.63, 3.8) is 0 Å². The number of ether oxygens (including phenoxy) is 3. The van der Waals surface area contributed by atoms with Crippen molar-refractivity contribution >= 4 is 0 Å². The Kier molecular flexibility index (Phi) is 3.48. The molecule has 0 amide bonds. The van der Waals surface area contributed by atoms with Gasteiger partial charge >= 0.3 is 0 Å². The van der Waals surface area contributed by atoms with Crippen LogP contribution in [0.5, 0.6) is 5.75 Å². The average Bonchev–Trinajstić information content (AvgIpc) is 2.85. The summed E-state index contributed by atoms with van der Waals surface area (Å²) in [5, 5.41) is 0. The zero-order valence-electron chi connectivity index (χ0n) is 11.3. The number of benzene rings is 1. The van der Waals surface area contributed by atoms with E-state index < -0.39 is 5.79 Å². The van der Waals surface area contributed by atoms with Gasteiger partial charge in [0.15, 0.2) is 5.79 Å². The number of hydrogen-bond donors (Lipinski definition) is 1. The van der Waals surface area contributed by atoms with Crippen LogP contribution in [0.3, 0.4) is 0 Å². The second kappa shape index (κ2) is 5.12. The van der Waals surface area contributed by atoms with Crippen molar-refractivity contribution < 1.29 is 14.2 Å². The maximum atomic E-state index is 6.17. The van der Waals surface area contributed by atoms with Crippen molar-refractivity contribution in [2.75, 3.05) is 13.2 Å². The Morgan fingerprint density at radius 2 is 1.89 bits per heavy atom. The Hall–Kier alpha value is -1.10. The topological polar surface area (TPSA) is 53.7 Å². The minimum absolute atomic E-state index is 0.0414. The third-order valence-electron chi connectivity index (χ3n) is 3.97. The Morgan fingerprint density at radius 3 is 2.58 bits per heavy atom. The number of hydrogen-bond acceptors (Lipinski definition) is 4. The van der Waals surface area contributed by atoms with Crippen LogP contribution in [0.2, 0.25) is 0 Å². The molecule has 3 rings (SSSR count). The summed E-state index contributed by atoms with van der Waals surface area (Å²) in [6, 6.07) is 8.10. The second-order valence-electron chi connectivity index (χ2n) is 5.48. The highest BCUT2D eigenvalue weighted by molar-refractivity contribution is 5.26. The van der Waals surface area contributed by atoms with Gasteiger partial charge in [0.05, 0.1) is 13.2 Å². The first-order valence-electron chi connectivity index (χ1n) is 6.94. The van der Waals surface area contributed by atoms with Crippen LogP contribution in [0, 0.1) is 6.92 Å². The summed E-state index contributed by atoms with van der Waals surface area (Å²) in [6.07, 6.45) is 2.40. The van der Waals surface area contributed by atoms with Crippen LogP contribution < -0.4 is 10.5 Å². The first-order valence-corrected chi connectivity index (χ1v) is 6.94. The third-order valence-corrected chi connectivity index (χ3v) is 3.97. The summed E-state index contributed by atoms with van der Waals surface area (Å²) in [5.74, 6) is 0.409. The van der Waals surface area contributed by atoms with Crippen LogP contribution in [0.15, 0.2) is 24.3 Å². The molecule has 1 saturated heterocycles. The fourth-order valence-corrected chi connectivity index (χ4v) is 2.81. The summed E-state index contributed by atoms with van der Waals surface area (Å²) in [4.78, 5) is 0. The summed E-state index contributed by atoms with van der Waals surface area (Å²) >= 11 is 0. The van der Waals surface area contributed by atoms with Crippen LogP contribution in [-0.4, -0.2) is 31.1 Å². The van der Waals surface area contributed by atoms with Gasteiger partial charge in [0.25, 0.3) is 0 Å². The molecular formula is C15H21NO3. The molecule has 1 aromatic carbocycles. The van der Waals surface area contributed by atoms with E-state index in [4.69, 9.17) is 19.9 Å². The van der Waals surface area contributed by atoms with E-state index in [9.17, 15) is 0 Å². The second-order valence-corrected chi connectivity index (χ2v) is 5.48. The standard InChI is InChI=1S/C15H21NO3/c1-11-2-4-12(5-3-11)19-14-10-15(7-6-13(14)16)17-8-9-18-15/h2-5,13-14H,6-10,16H2,1H3. The highest BCUT2D eigenvalue weighted by atomic mass is 16.7. The fourth-order valence-electron chi connectivity index (χ4n) is 2.81. The molecule has 1 heterocycles. The predicted octanol–water partition coefficient (Wildman–Crippen LogP) is 2.00. The average molecular weight is 263 g/mol. The third kappa shape index (κ3) is 2.76. The summed E-state index contributed by atoms with van der Waals surface area (Å²) in [6.45, 7) is 3.41. The van der Waals surface area contributed by atoms with Crippen LogP contribution in [0.1, 0.15) is 24.8 Å². The van der Waals surface area contributed by atoms with E-state index in [0.29, 0.717) is 19.6 Å². The maximum absolute atomic E-state index is 6.17. The predicted molar refractivity (Wildman–Crippen MR) is 72.1 cm³/mol. The highest BCUT2D eigenvalue weighted by Gasteiger charge is 2.45. The smallest absolute Gasteiger partial charge is 0.172 e. The zero-order valence-corrected chi connectivity index (χ0v) is 11.3. The van der Waals surface area contributed by atoms with E-state index in [1.54, 1.807) is 0 Å². The van der Waals surface area contributed by atoms with Gasteiger partial charge in [-0.2, -0.15) is 0 Å². The molecule has 1 aliphatic heterocycles. The summed E-state index contributed by atoms with van der Waals surface area (Å²) in [7, 11) is 0. The molecule has 0 bridgehead atoms. The maximum Gasteiger partial charge on any atom is 0.172 e. The quantitative estimate of drug-likeness (QED) is 0.886. The molecule has 2 N–H and O–H groups in total. The van der Waals surface area contributed by atoms with Crippen molar-refractivity contribution in [1.29, 1.82) is 0 Å². The molecule has 4 nitrogen and oxygen atoms in total. The summed E-state index contributed by atoms with van der Waals surface area (Å²) < 4.78 is 17.5. The Bertz CT molecular complexity index is 426. The van der Waals surface area contributed by atoms with E-state index in [-0.39, 0.29) is 12.1 Å². The van der Waals surface area contributed by atoms with Gasteiger partial charge in [-0.15, -0.1) is 0 Å². The van der Waals surface area contributed by atoms with Gasteiger partial charge < -0.3 is 19.9 Å². The molecule has 1 aromatic rings. The van der Waals surface area contributed by atoms with Crippen LogP contribution in [-0.2, 0) is 9.47 Å². The molecule has 2 aliphatic rings. The van der Waals surface area contributed by atoms with Crippen molar-refractivity contribution in [2.24, 2.45) is 5.73 Å². The molecule has 2 unspecified atom stereocenters. The molecule has 104 valence electrons. The van der Waals surface area contributed by atoms with Gasteiger partial charge in [0.2, 0.25) is 0 Å². The van der Waals surface area contributed by atoms with Gasteiger partial charge in [-0.25, -0.2) is 0 Å². The van der Waals surface area contributed by atoms with Crippen LogP contribution in [0.4, 0.5) is 0 Å². The van der Waals surface area contributed by atoms with Crippen LogP contribution in [0.25, 0.3) is 0 Å². The largest absolute Gasteiger partial charge is 0.489 e. The van der Waals surface area contributed by atoms with E-state index in [2.05, 4.69) is 6.92 Å². The van der Waals surface area contributed by atoms with E-state index in [1.807, 2.05) is 24.3 Å². The molecule has 2 fully saturated rings. The lowest BCUT2D eigenvalue weighted by Gasteiger charge is -2.39. The SMILES string of the molecule is Cc1ccc(OC2CC3(CCC2N)OCCO3)cc1.